The van der Waals surface area contributed by atoms with E-state index in [9.17, 15) is 14.7 Å². The maximum absolute atomic E-state index is 11.3. The Bertz CT molecular complexity index is 241. The van der Waals surface area contributed by atoms with Gasteiger partial charge in [0.25, 0.3) is 0 Å². The van der Waals surface area contributed by atoms with E-state index in [1.54, 1.807) is 0 Å². The van der Waals surface area contributed by atoms with Crippen molar-refractivity contribution < 1.29 is 24.9 Å². The zero-order valence-corrected chi connectivity index (χ0v) is 9.51. The predicted octanol–water partition coefficient (Wildman–Crippen LogP) is -0.655. The average molecular weight is 233 g/mol. The lowest BCUT2D eigenvalue weighted by Gasteiger charge is -2.19. The molecule has 0 fully saturated rings. The molecule has 0 radical (unpaired) electrons. The van der Waals surface area contributed by atoms with Gasteiger partial charge in [0.15, 0.2) is 0 Å². The lowest BCUT2D eigenvalue weighted by atomic mass is 10.0. The Hall–Kier alpha value is -1.14. The highest BCUT2D eigenvalue weighted by Gasteiger charge is 2.21. The highest BCUT2D eigenvalue weighted by atomic mass is 16.4. The molecule has 0 aliphatic heterocycles. The van der Waals surface area contributed by atoms with E-state index in [4.69, 9.17) is 10.2 Å². The molecule has 0 heterocycles. The van der Waals surface area contributed by atoms with Gasteiger partial charge in [0.05, 0.1) is 19.1 Å². The largest absolute Gasteiger partial charge is 0.481 e. The van der Waals surface area contributed by atoms with Gasteiger partial charge in [-0.3, -0.25) is 9.59 Å². The zero-order valence-electron chi connectivity index (χ0n) is 9.51. The Balaban J connectivity index is 4.13. The molecule has 16 heavy (non-hydrogen) atoms. The summed E-state index contributed by atoms with van der Waals surface area (Å²) in [4.78, 5) is 21.6. The molecule has 6 nitrogen and oxygen atoms in total. The minimum absolute atomic E-state index is 0.232. The van der Waals surface area contributed by atoms with Crippen LogP contribution < -0.4 is 5.32 Å². The van der Waals surface area contributed by atoms with E-state index in [0.717, 1.165) is 0 Å². The minimum Gasteiger partial charge on any atom is -0.481 e. The summed E-state index contributed by atoms with van der Waals surface area (Å²) in [5.74, 6) is -1.72. The number of carboxylic acids is 1. The maximum atomic E-state index is 11.3. The van der Waals surface area contributed by atoms with Gasteiger partial charge in [0.1, 0.15) is 6.10 Å². The Morgan fingerprint density at radius 1 is 1.31 bits per heavy atom. The maximum Gasteiger partial charge on any atom is 0.306 e. The van der Waals surface area contributed by atoms with Crippen molar-refractivity contribution in [2.24, 2.45) is 5.92 Å². The quantitative estimate of drug-likeness (QED) is 0.467. The minimum atomic E-state index is -1.57. The van der Waals surface area contributed by atoms with Gasteiger partial charge in [0, 0.05) is 0 Å². The smallest absolute Gasteiger partial charge is 0.306 e. The van der Waals surface area contributed by atoms with Crippen molar-refractivity contribution in [2.75, 3.05) is 6.61 Å². The van der Waals surface area contributed by atoms with Crippen LogP contribution in [0, 0.1) is 5.92 Å². The third kappa shape index (κ3) is 6.36. The summed E-state index contributed by atoms with van der Waals surface area (Å²) < 4.78 is 0. The number of carbonyl (C=O) groups is 2. The number of carbonyl (C=O) groups excluding carboxylic acids is 1. The first-order chi connectivity index (χ1) is 7.36. The average Bonchev–Trinajstić information content (AvgIpc) is 2.14. The van der Waals surface area contributed by atoms with Gasteiger partial charge in [-0.1, -0.05) is 13.8 Å². The monoisotopic (exact) mass is 233 g/mol. The number of nitrogens with one attached hydrogen (secondary N) is 1. The van der Waals surface area contributed by atoms with Crippen molar-refractivity contribution in [3.63, 3.8) is 0 Å². The number of amides is 1. The number of hydrogen-bond donors (Lipinski definition) is 4. The van der Waals surface area contributed by atoms with E-state index >= 15 is 0 Å². The highest BCUT2D eigenvalue weighted by molar-refractivity contribution is 5.85. The standard InChI is InChI=1S/C10H19NO5/c1-6(2)3-7(5-12)11-10(16)8(13)4-9(14)15/h6-8,12-13H,3-5H2,1-2H3,(H,11,16)(H,14,15)/t7-,8+/m1/s1. The summed E-state index contributed by atoms with van der Waals surface area (Å²) >= 11 is 0. The van der Waals surface area contributed by atoms with Gasteiger partial charge >= 0.3 is 5.97 Å². The molecule has 0 unspecified atom stereocenters. The second kappa shape index (κ2) is 7.19. The summed E-state index contributed by atoms with van der Waals surface area (Å²) in [6.07, 6.45) is -1.63. The van der Waals surface area contributed by atoms with Gasteiger partial charge in [-0.05, 0) is 12.3 Å². The first kappa shape index (κ1) is 14.9. The van der Waals surface area contributed by atoms with Gasteiger partial charge < -0.3 is 20.6 Å². The van der Waals surface area contributed by atoms with Crippen LogP contribution in [0.2, 0.25) is 0 Å². The van der Waals surface area contributed by atoms with E-state index in [0.29, 0.717) is 6.42 Å². The fourth-order valence-corrected chi connectivity index (χ4v) is 1.30. The molecular formula is C10H19NO5. The number of aliphatic hydroxyl groups is 2. The van der Waals surface area contributed by atoms with Crippen molar-refractivity contribution in [1.82, 2.24) is 5.32 Å². The molecule has 0 aromatic carbocycles. The van der Waals surface area contributed by atoms with Gasteiger partial charge in [-0.2, -0.15) is 0 Å². The molecule has 0 bridgehead atoms. The molecule has 0 saturated carbocycles. The first-order valence-corrected chi connectivity index (χ1v) is 5.17. The summed E-state index contributed by atoms with van der Waals surface area (Å²) in [6, 6.07) is -0.448. The fourth-order valence-electron chi connectivity index (χ4n) is 1.30. The number of rotatable bonds is 7. The lowest BCUT2D eigenvalue weighted by Crippen LogP contribution is -2.44. The highest BCUT2D eigenvalue weighted by Crippen LogP contribution is 2.04. The van der Waals surface area contributed by atoms with Crippen LogP contribution in [-0.2, 0) is 9.59 Å². The second-order valence-electron chi connectivity index (χ2n) is 4.13. The van der Waals surface area contributed by atoms with Crippen LogP contribution in [-0.4, -0.2) is 45.9 Å². The number of aliphatic hydroxyl groups excluding tert-OH is 2. The number of aliphatic carboxylic acids is 1. The summed E-state index contributed by atoms with van der Waals surface area (Å²) in [7, 11) is 0. The number of carboxylic acid groups (broad SMARTS) is 1. The van der Waals surface area contributed by atoms with Gasteiger partial charge in [-0.25, -0.2) is 0 Å². The molecule has 0 aliphatic carbocycles. The van der Waals surface area contributed by atoms with Crippen molar-refractivity contribution in [2.45, 2.75) is 38.8 Å². The summed E-state index contributed by atoms with van der Waals surface area (Å²) in [5, 5.41) is 28.9. The van der Waals surface area contributed by atoms with E-state index in [1.807, 2.05) is 13.8 Å². The SMILES string of the molecule is CC(C)C[C@H](CO)NC(=O)[C@@H](O)CC(=O)O. The van der Waals surface area contributed by atoms with Crippen molar-refractivity contribution in [3.05, 3.63) is 0 Å². The molecule has 0 aromatic heterocycles. The second-order valence-corrected chi connectivity index (χ2v) is 4.13. The van der Waals surface area contributed by atoms with Crippen LogP contribution in [0.25, 0.3) is 0 Å². The van der Waals surface area contributed by atoms with Crippen molar-refractivity contribution in [3.8, 4) is 0 Å². The number of hydrogen-bond acceptors (Lipinski definition) is 4. The molecule has 2 atom stereocenters. The van der Waals surface area contributed by atoms with Gasteiger partial charge in [-0.15, -0.1) is 0 Å². The van der Waals surface area contributed by atoms with Gasteiger partial charge in [0.2, 0.25) is 5.91 Å². The van der Waals surface area contributed by atoms with Crippen LogP contribution >= 0.6 is 0 Å². The zero-order chi connectivity index (χ0) is 12.7. The van der Waals surface area contributed by atoms with E-state index in [1.165, 1.54) is 0 Å². The molecular weight excluding hydrogens is 214 g/mol. The lowest BCUT2D eigenvalue weighted by molar-refractivity contribution is -0.144. The van der Waals surface area contributed by atoms with Crippen LogP contribution in [0.1, 0.15) is 26.7 Å². The van der Waals surface area contributed by atoms with Crippen LogP contribution in [0.4, 0.5) is 0 Å². The van der Waals surface area contributed by atoms with Crippen LogP contribution in [0.3, 0.4) is 0 Å². The van der Waals surface area contributed by atoms with Crippen LogP contribution in [0.15, 0.2) is 0 Å². The fraction of sp³-hybridized carbons (Fsp3) is 0.800. The third-order valence-electron chi connectivity index (χ3n) is 1.99. The normalized spacial score (nSPS) is 14.6. The molecule has 0 aromatic rings. The van der Waals surface area contributed by atoms with E-state index < -0.39 is 30.4 Å². The van der Waals surface area contributed by atoms with Crippen molar-refractivity contribution in [1.29, 1.82) is 0 Å². The molecule has 0 rings (SSSR count). The Kier molecular flexibility index (Phi) is 6.67. The van der Waals surface area contributed by atoms with Crippen molar-refractivity contribution >= 4 is 11.9 Å². The molecule has 1 amide bonds. The van der Waals surface area contributed by atoms with E-state index in [-0.39, 0.29) is 12.5 Å². The van der Waals surface area contributed by atoms with E-state index in [2.05, 4.69) is 5.32 Å². The Morgan fingerprint density at radius 2 is 1.88 bits per heavy atom. The summed E-state index contributed by atoms with van der Waals surface area (Å²) in [5.41, 5.74) is 0. The third-order valence-corrected chi connectivity index (χ3v) is 1.99. The molecule has 0 aliphatic rings. The molecule has 0 spiro atoms. The topological polar surface area (TPSA) is 107 Å². The Morgan fingerprint density at radius 3 is 2.25 bits per heavy atom. The molecule has 4 N–H and O–H groups in total. The molecule has 6 heteroatoms. The first-order valence-electron chi connectivity index (χ1n) is 5.17. The van der Waals surface area contributed by atoms with Crippen LogP contribution in [0.5, 0.6) is 0 Å². The molecule has 94 valence electrons. The Labute approximate surface area is 94.3 Å². The predicted molar refractivity (Wildman–Crippen MR) is 56.7 cm³/mol. The molecule has 0 saturated heterocycles. The summed E-state index contributed by atoms with van der Waals surface area (Å²) in [6.45, 7) is 3.63.